The summed E-state index contributed by atoms with van der Waals surface area (Å²) in [6.07, 6.45) is 1.56. The number of ether oxygens (including phenoxy) is 1. The van der Waals surface area contributed by atoms with Crippen molar-refractivity contribution in [3.8, 4) is 5.75 Å². The van der Waals surface area contributed by atoms with E-state index in [1.165, 1.54) is 43.5 Å². The Morgan fingerprint density at radius 3 is 2.31 bits per heavy atom. The van der Waals surface area contributed by atoms with E-state index in [-0.39, 0.29) is 9.80 Å². The zero-order valence-electron chi connectivity index (χ0n) is 18.3. The molecule has 1 aliphatic rings. The van der Waals surface area contributed by atoms with Crippen LogP contribution in [-0.4, -0.2) is 32.6 Å². The molecule has 0 saturated carbocycles. The quantitative estimate of drug-likeness (QED) is 0.409. The number of benzene rings is 3. The number of hydrogen-bond donors (Lipinski definition) is 3. The van der Waals surface area contributed by atoms with Crippen LogP contribution in [-0.2, 0) is 14.8 Å². The fourth-order valence-electron chi connectivity index (χ4n) is 3.14. The molecule has 0 unspecified atom stereocenters. The average molecular weight is 510 g/mol. The SMILES string of the molecule is COc1ccc(S(=O)(=O)Nc2ccc(C(=O)Nc3cccc(/C=C4/SC(=O)NC4=O)c3)cc2)cc1. The highest BCUT2D eigenvalue weighted by Gasteiger charge is 2.25. The van der Waals surface area contributed by atoms with Crippen molar-refractivity contribution in [2.45, 2.75) is 4.90 Å². The molecule has 0 bridgehead atoms. The van der Waals surface area contributed by atoms with E-state index in [4.69, 9.17) is 4.74 Å². The lowest BCUT2D eigenvalue weighted by Gasteiger charge is -2.10. The van der Waals surface area contributed by atoms with Crippen molar-refractivity contribution >= 4 is 56.3 Å². The number of imide groups is 1. The molecular weight excluding hydrogens is 490 g/mol. The molecule has 0 aromatic heterocycles. The van der Waals surface area contributed by atoms with Gasteiger partial charge in [0.1, 0.15) is 5.75 Å². The Kier molecular flexibility index (Phi) is 6.90. The summed E-state index contributed by atoms with van der Waals surface area (Å²) in [5.41, 5.74) is 1.74. The summed E-state index contributed by atoms with van der Waals surface area (Å²) in [6, 6.07) is 18.7. The van der Waals surface area contributed by atoms with Crippen molar-refractivity contribution in [1.29, 1.82) is 0 Å². The number of nitrogens with one attached hydrogen (secondary N) is 3. The standard InChI is InChI=1S/C24H19N3O6S2/c1-33-19-9-11-20(12-10-19)35(31,32)27-17-7-5-16(6-8-17)22(28)25-18-4-2-3-15(13-18)14-21-23(29)26-24(30)34-21/h2-14,27H,1H3,(H,25,28)(H,26,29,30)/b21-14+. The van der Waals surface area contributed by atoms with Crippen LogP contribution >= 0.6 is 11.8 Å². The number of carbonyl (C=O) groups is 3. The Labute approximate surface area is 205 Å². The molecule has 3 aromatic rings. The average Bonchev–Trinajstić information content (AvgIpc) is 3.15. The number of sulfonamides is 1. The van der Waals surface area contributed by atoms with E-state index in [0.29, 0.717) is 28.3 Å². The summed E-state index contributed by atoms with van der Waals surface area (Å²) in [5.74, 6) is -0.320. The number of amides is 3. The number of hydrogen-bond acceptors (Lipinski definition) is 7. The topological polar surface area (TPSA) is 131 Å². The second-order valence-electron chi connectivity index (χ2n) is 7.29. The van der Waals surface area contributed by atoms with E-state index in [9.17, 15) is 22.8 Å². The zero-order chi connectivity index (χ0) is 25.0. The highest BCUT2D eigenvalue weighted by molar-refractivity contribution is 8.18. The van der Waals surface area contributed by atoms with Gasteiger partial charge in [-0.2, -0.15) is 0 Å². The van der Waals surface area contributed by atoms with Gasteiger partial charge in [-0.3, -0.25) is 24.4 Å². The van der Waals surface area contributed by atoms with Gasteiger partial charge >= 0.3 is 0 Å². The number of anilines is 2. The lowest BCUT2D eigenvalue weighted by atomic mass is 10.1. The fraction of sp³-hybridized carbons (Fsp3) is 0.0417. The lowest BCUT2D eigenvalue weighted by molar-refractivity contribution is -0.115. The number of rotatable bonds is 7. The Bertz CT molecular complexity index is 1430. The van der Waals surface area contributed by atoms with E-state index in [2.05, 4.69) is 15.4 Å². The Hall–Kier alpha value is -4.09. The molecule has 178 valence electrons. The molecule has 1 heterocycles. The molecule has 9 nitrogen and oxygen atoms in total. The molecule has 1 saturated heterocycles. The normalized spacial score (nSPS) is 14.5. The molecule has 4 rings (SSSR count). The van der Waals surface area contributed by atoms with Crippen molar-refractivity contribution in [3.05, 3.63) is 88.8 Å². The maximum Gasteiger partial charge on any atom is 0.290 e. The molecule has 3 aromatic carbocycles. The van der Waals surface area contributed by atoms with Gasteiger partial charge in [0, 0.05) is 16.9 Å². The highest BCUT2D eigenvalue weighted by atomic mass is 32.2. The molecule has 3 N–H and O–H groups in total. The van der Waals surface area contributed by atoms with Crippen molar-refractivity contribution < 1.29 is 27.5 Å². The first-order valence-electron chi connectivity index (χ1n) is 10.2. The van der Waals surface area contributed by atoms with Gasteiger partial charge in [-0.1, -0.05) is 12.1 Å². The second-order valence-corrected chi connectivity index (χ2v) is 9.99. The molecule has 1 fully saturated rings. The van der Waals surface area contributed by atoms with E-state index in [0.717, 1.165) is 11.8 Å². The smallest absolute Gasteiger partial charge is 0.290 e. The minimum absolute atomic E-state index is 0.0767. The summed E-state index contributed by atoms with van der Waals surface area (Å²) >= 11 is 0.810. The summed E-state index contributed by atoms with van der Waals surface area (Å²) < 4.78 is 32.7. The largest absolute Gasteiger partial charge is 0.497 e. The predicted octanol–water partition coefficient (Wildman–Crippen LogP) is 4.07. The molecule has 0 atom stereocenters. The van der Waals surface area contributed by atoms with E-state index in [1.807, 2.05) is 0 Å². The van der Waals surface area contributed by atoms with Crippen molar-refractivity contribution in [1.82, 2.24) is 5.32 Å². The highest BCUT2D eigenvalue weighted by Crippen LogP contribution is 2.26. The van der Waals surface area contributed by atoms with Crippen LogP contribution in [0.1, 0.15) is 15.9 Å². The van der Waals surface area contributed by atoms with Crippen LogP contribution in [0.3, 0.4) is 0 Å². The van der Waals surface area contributed by atoms with Crippen molar-refractivity contribution in [2.24, 2.45) is 0 Å². The van der Waals surface area contributed by atoms with E-state index >= 15 is 0 Å². The van der Waals surface area contributed by atoms with Crippen LogP contribution in [0.4, 0.5) is 16.2 Å². The molecular formula is C24H19N3O6S2. The van der Waals surface area contributed by atoms with Gasteiger partial charge in [0.25, 0.3) is 27.1 Å². The summed E-state index contributed by atoms with van der Waals surface area (Å²) in [6.45, 7) is 0. The van der Waals surface area contributed by atoms with Gasteiger partial charge in [0.2, 0.25) is 0 Å². The van der Waals surface area contributed by atoms with Gasteiger partial charge in [0.05, 0.1) is 16.9 Å². The predicted molar refractivity (Wildman–Crippen MR) is 134 cm³/mol. The lowest BCUT2D eigenvalue weighted by Crippen LogP contribution is -2.17. The van der Waals surface area contributed by atoms with Crippen molar-refractivity contribution in [3.63, 3.8) is 0 Å². The molecule has 0 aliphatic carbocycles. The number of methoxy groups -OCH3 is 1. The molecule has 0 radical (unpaired) electrons. The Morgan fingerprint density at radius 1 is 0.971 bits per heavy atom. The van der Waals surface area contributed by atoms with E-state index in [1.54, 1.807) is 42.5 Å². The van der Waals surface area contributed by atoms with Crippen LogP contribution in [0.15, 0.2) is 82.6 Å². The molecule has 35 heavy (non-hydrogen) atoms. The maximum absolute atomic E-state index is 12.7. The third kappa shape index (κ3) is 5.89. The first-order chi connectivity index (χ1) is 16.7. The second kappa shape index (κ2) is 10.0. The molecule has 3 amide bonds. The zero-order valence-corrected chi connectivity index (χ0v) is 19.9. The number of carbonyl (C=O) groups excluding carboxylic acids is 3. The van der Waals surface area contributed by atoms with Gasteiger partial charge in [-0.05, 0) is 84.1 Å². The first-order valence-corrected chi connectivity index (χ1v) is 12.5. The summed E-state index contributed by atoms with van der Waals surface area (Å²) in [5, 5.41) is 4.51. The van der Waals surface area contributed by atoms with Crippen molar-refractivity contribution in [2.75, 3.05) is 17.1 Å². The Morgan fingerprint density at radius 2 is 1.69 bits per heavy atom. The molecule has 0 spiro atoms. The van der Waals surface area contributed by atoms with Crippen LogP contribution in [0, 0.1) is 0 Å². The van der Waals surface area contributed by atoms with Crippen LogP contribution < -0.4 is 20.1 Å². The summed E-state index contributed by atoms with van der Waals surface area (Å²) in [7, 11) is -2.31. The summed E-state index contributed by atoms with van der Waals surface area (Å²) in [4.78, 5) is 36.0. The monoisotopic (exact) mass is 509 g/mol. The van der Waals surface area contributed by atoms with E-state index < -0.39 is 27.1 Å². The third-order valence-electron chi connectivity index (χ3n) is 4.85. The first kappa shape index (κ1) is 24.0. The third-order valence-corrected chi connectivity index (χ3v) is 7.06. The van der Waals surface area contributed by atoms with Crippen LogP contribution in [0.25, 0.3) is 6.08 Å². The van der Waals surface area contributed by atoms with Gasteiger partial charge < -0.3 is 10.1 Å². The fourth-order valence-corrected chi connectivity index (χ4v) is 4.88. The Balaban J connectivity index is 1.42. The van der Waals surface area contributed by atoms with Gasteiger partial charge in [0.15, 0.2) is 0 Å². The van der Waals surface area contributed by atoms with Gasteiger partial charge in [-0.15, -0.1) is 0 Å². The molecule has 1 aliphatic heterocycles. The van der Waals surface area contributed by atoms with Gasteiger partial charge in [-0.25, -0.2) is 8.42 Å². The van der Waals surface area contributed by atoms with Crippen LogP contribution in [0.2, 0.25) is 0 Å². The number of thioether (sulfide) groups is 1. The van der Waals surface area contributed by atoms with Crippen LogP contribution in [0.5, 0.6) is 5.75 Å². The maximum atomic E-state index is 12.7. The minimum atomic E-state index is -3.80. The minimum Gasteiger partial charge on any atom is -0.497 e. The molecule has 11 heteroatoms.